The Kier molecular flexibility index (Phi) is 6.21. The molecule has 0 radical (unpaired) electrons. The van der Waals surface area contributed by atoms with Crippen LogP contribution in [-0.4, -0.2) is 30.7 Å². The average molecular weight is 328 g/mol. The van der Waals surface area contributed by atoms with E-state index in [1.165, 1.54) is 0 Å². The van der Waals surface area contributed by atoms with Gasteiger partial charge in [-0.05, 0) is 43.7 Å². The van der Waals surface area contributed by atoms with Crippen molar-refractivity contribution in [2.45, 2.75) is 26.6 Å². The number of aliphatic hydroxyl groups is 1. The summed E-state index contributed by atoms with van der Waals surface area (Å²) >= 11 is 0. The lowest BCUT2D eigenvalue weighted by Crippen LogP contribution is -2.31. The van der Waals surface area contributed by atoms with Crippen LogP contribution in [0, 0.1) is 0 Å². The van der Waals surface area contributed by atoms with Gasteiger partial charge in [0.15, 0.2) is 6.10 Å². The summed E-state index contributed by atoms with van der Waals surface area (Å²) in [6.07, 6.45) is -0.654. The van der Waals surface area contributed by atoms with Crippen LogP contribution in [0.5, 0.6) is 5.75 Å². The van der Waals surface area contributed by atoms with Crippen molar-refractivity contribution in [3.63, 3.8) is 0 Å². The van der Waals surface area contributed by atoms with Crippen molar-refractivity contribution >= 4 is 17.3 Å². The number of ether oxygens (including phenoxy) is 1. The normalized spacial score (nSPS) is 11.7. The summed E-state index contributed by atoms with van der Waals surface area (Å²) in [5.74, 6) is 0.338. The van der Waals surface area contributed by atoms with Gasteiger partial charge in [0.2, 0.25) is 0 Å². The van der Waals surface area contributed by atoms with E-state index in [2.05, 4.69) is 17.1 Å². The zero-order valence-corrected chi connectivity index (χ0v) is 14.3. The molecule has 0 aliphatic carbocycles. The van der Waals surface area contributed by atoms with E-state index in [1.54, 1.807) is 31.2 Å². The van der Waals surface area contributed by atoms with E-state index in [9.17, 15) is 4.79 Å². The molecule has 128 valence electrons. The highest BCUT2D eigenvalue weighted by Crippen LogP contribution is 2.25. The van der Waals surface area contributed by atoms with Crippen LogP contribution in [0.2, 0.25) is 0 Å². The van der Waals surface area contributed by atoms with Gasteiger partial charge in [0.1, 0.15) is 5.75 Å². The number of carbonyl (C=O) groups excluding carboxylic acids is 1. The lowest BCUT2D eigenvalue weighted by atomic mass is 10.2. The Bertz CT molecular complexity index is 688. The van der Waals surface area contributed by atoms with Crippen LogP contribution < -0.4 is 15.0 Å². The van der Waals surface area contributed by atoms with E-state index in [1.807, 2.05) is 31.3 Å². The van der Waals surface area contributed by atoms with E-state index in [-0.39, 0.29) is 12.5 Å². The first-order chi connectivity index (χ1) is 11.5. The molecule has 1 atom stereocenters. The number of nitrogens with one attached hydrogen (secondary N) is 1. The van der Waals surface area contributed by atoms with Gasteiger partial charge < -0.3 is 20.1 Å². The highest BCUT2D eigenvalue weighted by atomic mass is 16.5. The minimum Gasteiger partial charge on any atom is -0.481 e. The molecule has 0 heterocycles. The van der Waals surface area contributed by atoms with Gasteiger partial charge in [0, 0.05) is 13.6 Å². The molecule has 0 aliphatic heterocycles. The number of carbonyl (C=O) groups is 1. The molecule has 2 N–H and O–H groups in total. The predicted molar refractivity (Wildman–Crippen MR) is 96.5 cm³/mol. The number of benzene rings is 2. The molecule has 1 amide bonds. The second-order valence-electron chi connectivity index (χ2n) is 5.59. The van der Waals surface area contributed by atoms with E-state index >= 15 is 0 Å². The fourth-order valence-corrected chi connectivity index (χ4v) is 2.29. The van der Waals surface area contributed by atoms with Crippen LogP contribution in [0.25, 0.3) is 0 Å². The van der Waals surface area contributed by atoms with Crippen molar-refractivity contribution in [3.8, 4) is 5.75 Å². The Hall–Kier alpha value is -2.53. The summed E-state index contributed by atoms with van der Waals surface area (Å²) in [7, 11) is 1.98. The molecule has 2 aromatic rings. The maximum atomic E-state index is 12.4. The Morgan fingerprint density at radius 1 is 1.25 bits per heavy atom. The van der Waals surface area contributed by atoms with Crippen LogP contribution in [-0.2, 0) is 11.4 Å². The molecule has 1 unspecified atom stereocenters. The summed E-state index contributed by atoms with van der Waals surface area (Å²) in [5.41, 5.74) is 2.46. The number of hydrogen-bond acceptors (Lipinski definition) is 4. The van der Waals surface area contributed by atoms with Gasteiger partial charge in [0.25, 0.3) is 5.91 Å². The summed E-state index contributed by atoms with van der Waals surface area (Å²) in [4.78, 5) is 14.5. The molecule has 5 heteroatoms. The van der Waals surface area contributed by atoms with E-state index < -0.39 is 6.10 Å². The molecular weight excluding hydrogens is 304 g/mol. The average Bonchev–Trinajstić information content (AvgIpc) is 2.61. The zero-order chi connectivity index (χ0) is 17.5. The van der Waals surface area contributed by atoms with Crippen molar-refractivity contribution in [3.05, 3.63) is 54.1 Å². The molecule has 5 nitrogen and oxygen atoms in total. The fraction of sp³-hybridized carbons (Fsp3) is 0.316. The zero-order valence-electron chi connectivity index (χ0n) is 14.3. The van der Waals surface area contributed by atoms with Crippen LogP contribution in [0.3, 0.4) is 0 Å². The molecule has 0 fully saturated rings. The van der Waals surface area contributed by atoms with Gasteiger partial charge >= 0.3 is 0 Å². The maximum absolute atomic E-state index is 12.4. The highest BCUT2D eigenvalue weighted by Gasteiger charge is 2.17. The smallest absolute Gasteiger partial charge is 0.265 e. The van der Waals surface area contributed by atoms with Crippen molar-refractivity contribution in [2.75, 3.05) is 23.8 Å². The summed E-state index contributed by atoms with van der Waals surface area (Å²) in [5, 5.41) is 12.1. The Labute approximate surface area is 142 Å². The second kappa shape index (κ2) is 8.36. The molecular formula is C19H24N2O3. The number of rotatable bonds is 7. The minimum absolute atomic E-state index is 0.0610. The summed E-state index contributed by atoms with van der Waals surface area (Å²) in [6, 6.07) is 14.7. The van der Waals surface area contributed by atoms with Crippen molar-refractivity contribution in [1.82, 2.24) is 0 Å². The lowest BCUT2D eigenvalue weighted by Gasteiger charge is -2.22. The van der Waals surface area contributed by atoms with E-state index in [4.69, 9.17) is 9.84 Å². The first kappa shape index (κ1) is 17.8. The molecule has 0 aromatic heterocycles. The third-order valence-electron chi connectivity index (χ3n) is 3.81. The molecule has 24 heavy (non-hydrogen) atoms. The van der Waals surface area contributed by atoms with Gasteiger partial charge in [-0.3, -0.25) is 4.79 Å². The number of hydrogen-bond donors (Lipinski definition) is 2. The predicted octanol–water partition coefficient (Wildman–Crippen LogP) is 3.04. The van der Waals surface area contributed by atoms with Crippen molar-refractivity contribution < 1.29 is 14.6 Å². The fourth-order valence-electron chi connectivity index (χ4n) is 2.29. The van der Waals surface area contributed by atoms with Crippen molar-refractivity contribution in [2.24, 2.45) is 0 Å². The van der Waals surface area contributed by atoms with Gasteiger partial charge in [0.05, 0.1) is 18.0 Å². The molecule has 0 saturated carbocycles. The third-order valence-corrected chi connectivity index (χ3v) is 3.81. The highest BCUT2D eigenvalue weighted by molar-refractivity contribution is 5.97. The maximum Gasteiger partial charge on any atom is 0.265 e. The van der Waals surface area contributed by atoms with E-state index in [0.717, 1.165) is 23.5 Å². The number of amides is 1. The minimum atomic E-state index is -0.654. The molecule has 2 aromatic carbocycles. The number of nitrogens with zero attached hydrogens (tertiary/aromatic N) is 1. The molecule has 0 spiro atoms. The van der Waals surface area contributed by atoms with Crippen molar-refractivity contribution in [1.29, 1.82) is 0 Å². The SMILES string of the molecule is CCN(C)c1ccccc1NC(=O)C(C)Oc1cccc(CO)c1. The Balaban J connectivity index is 2.06. The van der Waals surface area contributed by atoms with Crippen LogP contribution in [0.15, 0.2) is 48.5 Å². The summed E-state index contributed by atoms with van der Waals surface area (Å²) < 4.78 is 5.68. The Morgan fingerprint density at radius 2 is 2.00 bits per heavy atom. The summed E-state index contributed by atoms with van der Waals surface area (Å²) in [6.45, 7) is 4.53. The standard InChI is InChI=1S/C19H24N2O3/c1-4-21(3)18-11-6-5-10-17(18)20-19(23)14(2)24-16-9-7-8-15(12-16)13-22/h5-12,14,22H,4,13H2,1-3H3,(H,20,23). The lowest BCUT2D eigenvalue weighted by molar-refractivity contribution is -0.122. The quantitative estimate of drug-likeness (QED) is 0.820. The van der Waals surface area contributed by atoms with E-state index in [0.29, 0.717) is 5.75 Å². The second-order valence-corrected chi connectivity index (χ2v) is 5.59. The number of aliphatic hydroxyl groups excluding tert-OH is 1. The van der Waals surface area contributed by atoms with Crippen LogP contribution in [0.1, 0.15) is 19.4 Å². The first-order valence-corrected chi connectivity index (χ1v) is 8.02. The topological polar surface area (TPSA) is 61.8 Å². The monoisotopic (exact) mass is 328 g/mol. The van der Waals surface area contributed by atoms with Gasteiger partial charge in [-0.1, -0.05) is 24.3 Å². The Morgan fingerprint density at radius 3 is 2.71 bits per heavy atom. The molecule has 2 rings (SSSR count). The van der Waals surface area contributed by atoms with Crippen LogP contribution in [0.4, 0.5) is 11.4 Å². The molecule has 0 saturated heterocycles. The van der Waals surface area contributed by atoms with Crippen LogP contribution >= 0.6 is 0 Å². The third kappa shape index (κ3) is 4.49. The largest absolute Gasteiger partial charge is 0.481 e. The first-order valence-electron chi connectivity index (χ1n) is 8.02. The number of anilines is 2. The van der Waals surface area contributed by atoms with Gasteiger partial charge in [-0.2, -0.15) is 0 Å². The van der Waals surface area contributed by atoms with Gasteiger partial charge in [-0.25, -0.2) is 0 Å². The van der Waals surface area contributed by atoms with Gasteiger partial charge in [-0.15, -0.1) is 0 Å². The number of para-hydroxylation sites is 2. The molecule has 0 bridgehead atoms. The molecule has 0 aliphatic rings.